The van der Waals surface area contributed by atoms with E-state index in [2.05, 4.69) is 48.4 Å². The Hall–Kier alpha value is -1.68. The highest BCUT2D eigenvalue weighted by atomic mass is 16.5. The van der Waals surface area contributed by atoms with Gasteiger partial charge in [-0.15, -0.1) is 0 Å². The fourth-order valence-electron chi connectivity index (χ4n) is 1.76. The molecule has 0 aliphatic rings. The lowest BCUT2D eigenvalue weighted by Crippen LogP contribution is -2.26. The summed E-state index contributed by atoms with van der Waals surface area (Å²) < 4.78 is 5.23. The first-order valence-corrected chi connectivity index (χ1v) is 6.59. The van der Waals surface area contributed by atoms with Crippen molar-refractivity contribution in [3.8, 4) is 0 Å². The van der Waals surface area contributed by atoms with Gasteiger partial charge >= 0.3 is 0 Å². The first kappa shape index (κ1) is 13.7. The van der Waals surface area contributed by atoms with Crippen molar-refractivity contribution in [2.45, 2.75) is 33.7 Å². The third kappa shape index (κ3) is 4.83. The van der Waals surface area contributed by atoms with E-state index in [4.69, 9.17) is 4.52 Å². The summed E-state index contributed by atoms with van der Waals surface area (Å²) in [5.41, 5.74) is 1.45. The van der Waals surface area contributed by atoms with Crippen LogP contribution in [0.4, 0.5) is 0 Å². The number of benzene rings is 1. The second-order valence-electron chi connectivity index (χ2n) is 5.93. The zero-order valence-electron chi connectivity index (χ0n) is 11.8. The molecule has 1 aromatic carbocycles. The van der Waals surface area contributed by atoms with E-state index in [1.807, 2.05) is 18.2 Å². The lowest BCUT2D eigenvalue weighted by Gasteiger charge is -2.17. The molecule has 4 nitrogen and oxygen atoms in total. The van der Waals surface area contributed by atoms with Gasteiger partial charge in [-0.2, -0.15) is 4.98 Å². The molecule has 0 atom stereocenters. The van der Waals surface area contributed by atoms with Gasteiger partial charge in [0.05, 0.1) is 6.54 Å². The third-order valence-electron chi connectivity index (χ3n) is 2.65. The Bertz CT molecular complexity index is 500. The lowest BCUT2D eigenvalue weighted by molar-refractivity contribution is 0.335. The van der Waals surface area contributed by atoms with E-state index >= 15 is 0 Å². The summed E-state index contributed by atoms with van der Waals surface area (Å²) in [6.07, 6.45) is 0.712. The van der Waals surface area contributed by atoms with Crippen molar-refractivity contribution in [2.24, 2.45) is 5.41 Å². The number of aromatic nitrogens is 2. The van der Waals surface area contributed by atoms with Crippen LogP contribution in [-0.4, -0.2) is 16.7 Å². The van der Waals surface area contributed by atoms with Crippen LogP contribution in [-0.2, 0) is 13.0 Å². The molecule has 4 heteroatoms. The average molecular weight is 259 g/mol. The smallest absolute Gasteiger partial charge is 0.240 e. The molecule has 0 saturated carbocycles. The predicted octanol–water partition coefficient (Wildman–Crippen LogP) is 2.80. The van der Waals surface area contributed by atoms with Gasteiger partial charge < -0.3 is 9.84 Å². The van der Waals surface area contributed by atoms with Gasteiger partial charge in [-0.3, -0.25) is 0 Å². The molecular formula is C15H21N3O. The molecule has 0 radical (unpaired) electrons. The minimum atomic E-state index is 0.257. The summed E-state index contributed by atoms with van der Waals surface area (Å²) in [6, 6.07) is 10.2. The normalized spacial score (nSPS) is 11.7. The van der Waals surface area contributed by atoms with E-state index in [9.17, 15) is 0 Å². The molecule has 0 spiro atoms. The highest BCUT2D eigenvalue weighted by molar-refractivity contribution is 5.18. The standard InChI is InChI=1S/C15H21N3O/c1-15(2,3)11-16-10-14-17-13(18-19-14)9-12-7-5-4-6-8-12/h4-8,16H,9-11H2,1-3H3. The topological polar surface area (TPSA) is 51.0 Å². The highest BCUT2D eigenvalue weighted by Crippen LogP contribution is 2.11. The SMILES string of the molecule is CC(C)(C)CNCc1nc(Cc2ccccc2)no1. The van der Waals surface area contributed by atoms with Crippen LogP contribution in [0.15, 0.2) is 34.9 Å². The van der Waals surface area contributed by atoms with Crippen LogP contribution in [0.5, 0.6) is 0 Å². The fourth-order valence-corrected chi connectivity index (χ4v) is 1.76. The second kappa shape index (κ2) is 5.97. The molecule has 2 rings (SSSR count). The zero-order valence-corrected chi connectivity index (χ0v) is 11.8. The molecule has 0 fully saturated rings. The Morgan fingerprint density at radius 2 is 1.89 bits per heavy atom. The summed E-state index contributed by atoms with van der Waals surface area (Å²) in [6.45, 7) is 8.11. The van der Waals surface area contributed by atoms with Crippen LogP contribution in [0.1, 0.15) is 38.0 Å². The fraction of sp³-hybridized carbons (Fsp3) is 0.467. The molecule has 0 amide bonds. The molecule has 0 aliphatic heterocycles. The Kier molecular flexibility index (Phi) is 4.32. The van der Waals surface area contributed by atoms with Gasteiger partial charge in [0.15, 0.2) is 5.82 Å². The molecule has 0 aliphatic carbocycles. The molecule has 1 heterocycles. The lowest BCUT2D eigenvalue weighted by atomic mass is 9.97. The Balaban J connectivity index is 1.86. The van der Waals surface area contributed by atoms with Crippen LogP contribution in [0, 0.1) is 5.41 Å². The second-order valence-corrected chi connectivity index (χ2v) is 5.93. The molecule has 0 saturated heterocycles. The van der Waals surface area contributed by atoms with E-state index in [-0.39, 0.29) is 5.41 Å². The molecule has 1 aromatic heterocycles. The van der Waals surface area contributed by atoms with Crippen molar-refractivity contribution in [1.29, 1.82) is 0 Å². The van der Waals surface area contributed by atoms with Gasteiger partial charge in [0.1, 0.15) is 0 Å². The molecule has 102 valence electrons. The van der Waals surface area contributed by atoms with E-state index in [0.29, 0.717) is 18.9 Å². The molecule has 0 bridgehead atoms. The maximum Gasteiger partial charge on any atom is 0.240 e. The Morgan fingerprint density at radius 3 is 2.58 bits per heavy atom. The van der Waals surface area contributed by atoms with Crippen molar-refractivity contribution in [3.63, 3.8) is 0 Å². The van der Waals surface area contributed by atoms with E-state index in [1.54, 1.807) is 0 Å². The van der Waals surface area contributed by atoms with Gasteiger partial charge in [-0.1, -0.05) is 56.3 Å². The van der Waals surface area contributed by atoms with Crippen molar-refractivity contribution < 1.29 is 4.52 Å². The first-order chi connectivity index (χ1) is 9.03. The first-order valence-electron chi connectivity index (χ1n) is 6.59. The summed E-state index contributed by atoms with van der Waals surface area (Å²) in [4.78, 5) is 4.38. The highest BCUT2D eigenvalue weighted by Gasteiger charge is 2.11. The third-order valence-corrected chi connectivity index (χ3v) is 2.65. The van der Waals surface area contributed by atoms with E-state index < -0.39 is 0 Å². The number of nitrogens with zero attached hydrogens (tertiary/aromatic N) is 2. The number of nitrogens with one attached hydrogen (secondary N) is 1. The average Bonchev–Trinajstić information content (AvgIpc) is 2.76. The quantitative estimate of drug-likeness (QED) is 0.897. The minimum Gasteiger partial charge on any atom is -0.338 e. The van der Waals surface area contributed by atoms with Crippen molar-refractivity contribution in [1.82, 2.24) is 15.5 Å². The largest absolute Gasteiger partial charge is 0.338 e. The van der Waals surface area contributed by atoms with Crippen LogP contribution >= 0.6 is 0 Å². The molecule has 19 heavy (non-hydrogen) atoms. The zero-order chi connectivity index (χ0) is 13.7. The maximum absolute atomic E-state index is 5.23. The van der Waals surface area contributed by atoms with Crippen molar-refractivity contribution >= 4 is 0 Å². The van der Waals surface area contributed by atoms with Crippen molar-refractivity contribution in [3.05, 3.63) is 47.6 Å². The van der Waals surface area contributed by atoms with Crippen LogP contribution in [0.25, 0.3) is 0 Å². The Labute approximate surface area is 114 Å². The van der Waals surface area contributed by atoms with E-state index in [1.165, 1.54) is 5.56 Å². The van der Waals surface area contributed by atoms with Gasteiger partial charge in [-0.25, -0.2) is 0 Å². The van der Waals surface area contributed by atoms with Crippen LogP contribution < -0.4 is 5.32 Å². The number of hydrogen-bond donors (Lipinski definition) is 1. The van der Waals surface area contributed by atoms with Crippen LogP contribution in [0.3, 0.4) is 0 Å². The summed E-state index contributed by atoms with van der Waals surface area (Å²) >= 11 is 0. The summed E-state index contributed by atoms with van der Waals surface area (Å²) in [5.74, 6) is 1.38. The molecular weight excluding hydrogens is 238 g/mol. The molecule has 0 unspecified atom stereocenters. The van der Waals surface area contributed by atoms with E-state index in [0.717, 1.165) is 12.4 Å². The van der Waals surface area contributed by atoms with Gasteiger partial charge in [-0.05, 0) is 11.0 Å². The minimum absolute atomic E-state index is 0.257. The predicted molar refractivity (Wildman–Crippen MR) is 74.7 cm³/mol. The Morgan fingerprint density at radius 1 is 1.16 bits per heavy atom. The van der Waals surface area contributed by atoms with Crippen LogP contribution in [0.2, 0.25) is 0 Å². The molecule has 2 aromatic rings. The molecule has 1 N–H and O–H groups in total. The van der Waals surface area contributed by atoms with Gasteiger partial charge in [0.2, 0.25) is 5.89 Å². The van der Waals surface area contributed by atoms with Gasteiger partial charge in [0, 0.05) is 13.0 Å². The van der Waals surface area contributed by atoms with Crippen molar-refractivity contribution in [2.75, 3.05) is 6.54 Å². The summed E-state index contributed by atoms with van der Waals surface area (Å²) in [5, 5.41) is 7.32. The number of rotatable bonds is 5. The maximum atomic E-state index is 5.23. The number of hydrogen-bond acceptors (Lipinski definition) is 4. The van der Waals surface area contributed by atoms with Gasteiger partial charge in [0.25, 0.3) is 0 Å². The summed E-state index contributed by atoms with van der Waals surface area (Å²) in [7, 11) is 0. The monoisotopic (exact) mass is 259 g/mol.